The minimum atomic E-state index is -4.66. The highest BCUT2D eigenvalue weighted by Gasteiger charge is 2.43. The van der Waals surface area contributed by atoms with Crippen molar-refractivity contribution in [1.29, 1.82) is 0 Å². The zero-order valence-corrected chi connectivity index (χ0v) is 7.25. The number of alkyl halides is 7. The Labute approximate surface area is 80.2 Å². The first-order valence-electron chi connectivity index (χ1n) is 3.79. The van der Waals surface area contributed by atoms with Gasteiger partial charge in [-0.3, -0.25) is 4.79 Å². The van der Waals surface area contributed by atoms with E-state index >= 15 is 0 Å². The summed E-state index contributed by atoms with van der Waals surface area (Å²) in [5, 5.41) is 0. The van der Waals surface area contributed by atoms with E-state index in [1.54, 1.807) is 0 Å². The van der Waals surface area contributed by atoms with Crippen molar-refractivity contribution < 1.29 is 35.5 Å². The molecule has 1 nitrogen and oxygen atoms in total. The minimum Gasteiger partial charge on any atom is -0.299 e. The molecule has 0 bridgehead atoms. The van der Waals surface area contributed by atoms with Crippen LogP contribution in [0, 0.1) is 0 Å². The van der Waals surface area contributed by atoms with Crippen LogP contribution in [0.3, 0.4) is 0 Å². The number of rotatable bonds is 5. The van der Waals surface area contributed by atoms with Gasteiger partial charge in [-0.05, 0) is 0 Å². The van der Waals surface area contributed by atoms with Crippen molar-refractivity contribution in [3.63, 3.8) is 0 Å². The molecular weight excluding hydrogens is 233 g/mol. The van der Waals surface area contributed by atoms with Crippen LogP contribution in [-0.4, -0.2) is 24.3 Å². The predicted octanol–water partition coefficient (Wildman–Crippen LogP) is 3.19. The molecule has 0 aromatic carbocycles. The van der Waals surface area contributed by atoms with Crippen molar-refractivity contribution >= 4 is 5.78 Å². The summed E-state index contributed by atoms with van der Waals surface area (Å²) < 4.78 is 81.9. The lowest BCUT2D eigenvalue weighted by Gasteiger charge is -2.14. The number of halogens is 7. The van der Waals surface area contributed by atoms with Gasteiger partial charge in [0.25, 0.3) is 0 Å². The summed E-state index contributed by atoms with van der Waals surface area (Å²) in [7, 11) is 0. The number of ketones is 1. The summed E-state index contributed by atoms with van der Waals surface area (Å²) in [6.45, 7) is 0. The largest absolute Gasteiger partial charge is 0.389 e. The van der Waals surface area contributed by atoms with Crippen molar-refractivity contribution in [3.05, 3.63) is 0 Å². The van der Waals surface area contributed by atoms with Crippen LogP contribution in [0.2, 0.25) is 0 Å². The second kappa shape index (κ2) is 4.80. The molecule has 0 atom stereocenters. The molecular formula is C7H7F7O. The first-order valence-corrected chi connectivity index (χ1v) is 3.79. The number of carbonyl (C=O) groups excluding carboxylic acids is 1. The molecule has 0 aromatic heterocycles. The number of carbonyl (C=O) groups is 1. The number of Topliss-reactive ketones (excluding diaryl/α,β-unsaturated/α-hetero) is 1. The van der Waals surface area contributed by atoms with Crippen LogP contribution < -0.4 is 0 Å². The van der Waals surface area contributed by atoms with E-state index in [-0.39, 0.29) is 0 Å². The average Bonchev–Trinajstić information content (AvgIpc) is 1.98. The van der Waals surface area contributed by atoms with Crippen molar-refractivity contribution in [2.24, 2.45) is 0 Å². The van der Waals surface area contributed by atoms with Gasteiger partial charge >= 0.3 is 18.5 Å². The van der Waals surface area contributed by atoms with E-state index in [0.717, 1.165) is 0 Å². The summed E-state index contributed by atoms with van der Waals surface area (Å²) >= 11 is 0. The molecule has 0 aliphatic heterocycles. The normalized spacial score (nSPS) is 13.3. The lowest BCUT2D eigenvalue weighted by Crippen LogP contribution is -2.30. The van der Waals surface area contributed by atoms with Crippen LogP contribution in [0.4, 0.5) is 30.7 Å². The molecule has 0 N–H and O–H groups in total. The van der Waals surface area contributed by atoms with Crippen LogP contribution in [0.1, 0.15) is 19.3 Å². The Balaban J connectivity index is 4.05. The molecule has 0 saturated heterocycles. The van der Waals surface area contributed by atoms with Crippen LogP contribution in [0.25, 0.3) is 0 Å². The molecule has 0 heterocycles. The highest BCUT2D eigenvalue weighted by atomic mass is 19.4. The summed E-state index contributed by atoms with van der Waals surface area (Å²) in [4.78, 5) is 10.5. The zero-order valence-electron chi connectivity index (χ0n) is 7.25. The van der Waals surface area contributed by atoms with Crippen LogP contribution in [0.15, 0.2) is 0 Å². The van der Waals surface area contributed by atoms with Crippen molar-refractivity contribution in [1.82, 2.24) is 0 Å². The second-order valence-corrected chi connectivity index (χ2v) is 2.89. The van der Waals surface area contributed by atoms with Gasteiger partial charge in [-0.2, -0.15) is 22.0 Å². The molecule has 0 fully saturated rings. The van der Waals surface area contributed by atoms with Crippen LogP contribution in [-0.2, 0) is 4.79 Å². The second-order valence-electron chi connectivity index (χ2n) is 2.89. The van der Waals surface area contributed by atoms with Gasteiger partial charge in [0, 0.05) is 6.42 Å². The van der Waals surface area contributed by atoms with Gasteiger partial charge in [0.15, 0.2) is 0 Å². The van der Waals surface area contributed by atoms with E-state index in [0.29, 0.717) is 0 Å². The highest BCUT2D eigenvalue weighted by molar-refractivity contribution is 5.79. The van der Waals surface area contributed by atoms with Crippen molar-refractivity contribution in [2.45, 2.75) is 37.8 Å². The maximum Gasteiger partial charge on any atom is 0.389 e. The third-order valence-electron chi connectivity index (χ3n) is 1.44. The maximum absolute atomic E-state index is 12.2. The van der Waals surface area contributed by atoms with Gasteiger partial charge in [-0.1, -0.05) is 0 Å². The third kappa shape index (κ3) is 6.29. The van der Waals surface area contributed by atoms with E-state index in [1.807, 2.05) is 0 Å². The smallest absolute Gasteiger partial charge is 0.299 e. The van der Waals surface area contributed by atoms with E-state index < -0.39 is 43.6 Å². The standard InChI is InChI=1S/C7H7F7O/c8-5(9)6(10,11)3-4(15)1-2-7(12,13)14/h5H,1-3H2. The molecule has 0 amide bonds. The molecule has 0 saturated carbocycles. The third-order valence-corrected chi connectivity index (χ3v) is 1.44. The van der Waals surface area contributed by atoms with Gasteiger partial charge in [0.1, 0.15) is 5.78 Å². The maximum atomic E-state index is 12.2. The van der Waals surface area contributed by atoms with Gasteiger partial charge in [-0.15, -0.1) is 0 Å². The van der Waals surface area contributed by atoms with Crippen LogP contribution >= 0.6 is 0 Å². The molecule has 0 rings (SSSR count). The molecule has 0 aromatic rings. The topological polar surface area (TPSA) is 17.1 Å². The highest BCUT2D eigenvalue weighted by Crippen LogP contribution is 2.29. The molecule has 0 spiro atoms. The molecule has 90 valence electrons. The Kier molecular flexibility index (Phi) is 4.54. The quantitative estimate of drug-likeness (QED) is 0.674. The van der Waals surface area contributed by atoms with E-state index in [2.05, 4.69) is 0 Å². The first kappa shape index (κ1) is 14.2. The molecule has 0 aliphatic rings. The van der Waals surface area contributed by atoms with Gasteiger partial charge < -0.3 is 0 Å². The van der Waals surface area contributed by atoms with Gasteiger partial charge in [-0.25, -0.2) is 8.78 Å². The van der Waals surface area contributed by atoms with Crippen LogP contribution in [0.5, 0.6) is 0 Å². The number of hydrogen-bond acceptors (Lipinski definition) is 1. The van der Waals surface area contributed by atoms with Crippen molar-refractivity contribution in [2.75, 3.05) is 0 Å². The van der Waals surface area contributed by atoms with Gasteiger partial charge in [0.05, 0.1) is 12.8 Å². The zero-order chi connectivity index (χ0) is 12.3. The molecule has 0 radical (unpaired) electrons. The first-order chi connectivity index (χ1) is 6.54. The van der Waals surface area contributed by atoms with E-state index in [1.165, 1.54) is 0 Å². The summed E-state index contributed by atoms with van der Waals surface area (Å²) in [5.74, 6) is -6.08. The minimum absolute atomic E-state index is 1.20. The van der Waals surface area contributed by atoms with E-state index in [4.69, 9.17) is 0 Å². The summed E-state index contributed by atoms with van der Waals surface area (Å²) in [6, 6.07) is 0. The lowest BCUT2D eigenvalue weighted by atomic mass is 10.1. The SMILES string of the molecule is O=C(CCC(F)(F)F)CC(F)(F)C(F)F. The number of hydrogen-bond donors (Lipinski definition) is 0. The Morgan fingerprint density at radius 3 is 1.87 bits per heavy atom. The van der Waals surface area contributed by atoms with Crippen molar-refractivity contribution in [3.8, 4) is 0 Å². The fourth-order valence-electron chi connectivity index (χ4n) is 0.710. The van der Waals surface area contributed by atoms with Gasteiger partial charge in [0.2, 0.25) is 0 Å². The summed E-state index contributed by atoms with van der Waals surface area (Å²) in [5.41, 5.74) is 0. The Bertz CT molecular complexity index is 220. The predicted molar refractivity (Wildman–Crippen MR) is 35.9 cm³/mol. The molecule has 0 unspecified atom stereocenters. The Morgan fingerprint density at radius 2 is 1.53 bits per heavy atom. The molecule has 15 heavy (non-hydrogen) atoms. The summed E-state index contributed by atoms with van der Waals surface area (Å²) in [6.07, 6.45) is -13.3. The van der Waals surface area contributed by atoms with E-state index in [9.17, 15) is 35.5 Å². The Hall–Kier alpha value is -0.820. The average molecular weight is 240 g/mol. The molecule has 8 heteroatoms. The fourth-order valence-corrected chi connectivity index (χ4v) is 0.710. The fraction of sp³-hybridized carbons (Fsp3) is 0.857. The Morgan fingerprint density at radius 1 is 1.07 bits per heavy atom. The molecule has 0 aliphatic carbocycles. The lowest BCUT2D eigenvalue weighted by molar-refractivity contribution is -0.157. The monoisotopic (exact) mass is 240 g/mol.